The molecular weight excluding hydrogens is 428 g/mol. The van der Waals surface area contributed by atoms with Crippen LogP contribution in [0.2, 0.25) is 0 Å². The van der Waals surface area contributed by atoms with Gasteiger partial charge in [0.05, 0.1) is 5.75 Å². The number of Topliss-reactive ketones (excluding diaryl/α,β-unsaturated/α-hetero) is 1. The lowest BCUT2D eigenvalue weighted by Crippen LogP contribution is -2.27. The van der Waals surface area contributed by atoms with Crippen molar-refractivity contribution in [3.05, 3.63) is 66.2 Å². The van der Waals surface area contributed by atoms with E-state index in [1.807, 2.05) is 23.1 Å². The number of likely N-dealkylation sites (tertiary alicyclic amines) is 1. The molecule has 1 saturated heterocycles. The molecule has 3 aromatic heterocycles. The molecule has 8 heteroatoms. The monoisotopic (exact) mass is 448 g/mol. The molecule has 0 aliphatic carbocycles. The highest BCUT2D eigenvalue weighted by Gasteiger charge is 2.22. The van der Waals surface area contributed by atoms with E-state index in [4.69, 9.17) is 0 Å². The van der Waals surface area contributed by atoms with Gasteiger partial charge in [-0.25, -0.2) is 9.97 Å². The van der Waals surface area contributed by atoms with Crippen molar-refractivity contribution < 1.29 is 9.59 Å². The summed E-state index contributed by atoms with van der Waals surface area (Å²) in [6, 6.07) is 13.9. The smallest absolute Gasteiger partial charge is 0.270 e. The number of fused-ring (bicyclic) bond motifs is 1. The predicted molar refractivity (Wildman–Crippen MR) is 124 cm³/mol. The van der Waals surface area contributed by atoms with E-state index in [1.165, 1.54) is 11.8 Å². The molecule has 1 amide bonds. The van der Waals surface area contributed by atoms with Gasteiger partial charge in [-0.1, -0.05) is 42.1 Å². The molecule has 1 fully saturated rings. The molecule has 0 saturated carbocycles. The van der Waals surface area contributed by atoms with E-state index >= 15 is 0 Å². The van der Waals surface area contributed by atoms with Crippen LogP contribution in [0.4, 0.5) is 0 Å². The highest BCUT2D eigenvalue weighted by molar-refractivity contribution is 8.00. The second kappa shape index (κ2) is 8.64. The van der Waals surface area contributed by atoms with Gasteiger partial charge in [0.25, 0.3) is 5.91 Å². The number of nitrogens with one attached hydrogen (secondary N) is 1. The number of carbonyl (C=O) groups excluding carboxylic acids is 2. The third-order valence-electron chi connectivity index (χ3n) is 5.32. The number of benzene rings is 1. The number of nitrogens with zero attached hydrogens (tertiary/aromatic N) is 3. The Labute approximate surface area is 187 Å². The molecule has 1 N–H and O–H groups in total. The fraction of sp³-hybridized carbons (Fsp3) is 0.217. The van der Waals surface area contributed by atoms with Crippen molar-refractivity contribution in [2.45, 2.75) is 17.9 Å². The van der Waals surface area contributed by atoms with E-state index in [9.17, 15) is 9.59 Å². The van der Waals surface area contributed by atoms with Gasteiger partial charge < -0.3 is 9.88 Å². The van der Waals surface area contributed by atoms with Gasteiger partial charge in [0, 0.05) is 35.1 Å². The van der Waals surface area contributed by atoms with E-state index < -0.39 is 0 Å². The fourth-order valence-corrected chi connectivity index (χ4v) is 5.62. The van der Waals surface area contributed by atoms with Crippen molar-refractivity contribution in [2.24, 2.45) is 0 Å². The number of hydrogen-bond acceptors (Lipinski definition) is 6. The first-order chi connectivity index (χ1) is 15.2. The maximum atomic E-state index is 12.7. The molecule has 4 aromatic rings. The summed E-state index contributed by atoms with van der Waals surface area (Å²) in [4.78, 5) is 40.8. The Hall–Kier alpha value is -2.97. The number of thioether (sulfide) groups is 1. The summed E-state index contributed by atoms with van der Waals surface area (Å²) in [7, 11) is 0. The minimum atomic E-state index is -0.0352. The van der Waals surface area contributed by atoms with Crippen molar-refractivity contribution in [1.82, 2.24) is 19.9 Å². The highest BCUT2D eigenvalue weighted by Crippen LogP contribution is 2.36. The molecular formula is C23H20N4O2S2. The lowest BCUT2D eigenvalue weighted by Gasteiger charge is -2.13. The van der Waals surface area contributed by atoms with Crippen LogP contribution in [0.15, 0.2) is 60.0 Å². The summed E-state index contributed by atoms with van der Waals surface area (Å²) in [5, 5.41) is 1.75. The van der Waals surface area contributed by atoms with Crippen LogP contribution in [0.1, 0.15) is 33.7 Å². The van der Waals surface area contributed by atoms with E-state index in [-0.39, 0.29) is 17.4 Å². The van der Waals surface area contributed by atoms with Crippen LogP contribution in [-0.4, -0.2) is 50.4 Å². The number of aromatic amines is 1. The Morgan fingerprint density at radius 2 is 1.90 bits per heavy atom. The Morgan fingerprint density at radius 1 is 1.10 bits per heavy atom. The first kappa shape index (κ1) is 20.0. The molecule has 31 heavy (non-hydrogen) atoms. The van der Waals surface area contributed by atoms with Crippen molar-refractivity contribution in [3.8, 4) is 10.4 Å². The molecule has 1 aliphatic rings. The molecule has 4 heterocycles. The Morgan fingerprint density at radius 3 is 2.71 bits per heavy atom. The largest absolute Gasteiger partial charge is 0.356 e. The standard InChI is InChI=1S/C23H20N4O2S2/c28-19(16-10-18(24-12-16)23(29)27-8-4-5-9-27)13-30-21-17-11-20(15-6-2-1-3-7-15)31-22(17)26-14-25-21/h1-3,6-7,10-12,14,24H,4-5,8-9,13H2. The van der Waals surface area contributed by atoms with Gasteiger partial charge in [-0.05, 0) is 30.5 Å². The maximum absolute atomic E-state index is 12.7. The van der Waals surface area contributed by atoms with Crippen LogP contribution in [0.5, 0.6) is 0 Å². The topological polar surface area (TPSA) is 79.0 Å². The van der Waals surface area contributed by atoms with Gasteiger partial charge in [-0.3, -0.25) is 9.59 Å². The summed E-state index contributed by atoms with van der Waals surface area (Å²) in [5.74, 6) is 0.179. The van der Waals surface area contributed by atoms with Crippen molar-refractivity contribution >= 4 is 45.0 Å². The Kier molecular flexibility index (Phi) is 5.57. The van der Waals surface area contributed by atoms with E-state index in [1.54, 1.807) is 29.9 Å². The number of amides is 1. The number of ketones is 1. The number of rotatable bonds is 6. The normalized spacial score (nSPS) is 13.7. The van der Waals surface area contributed by atoms with Crippen molar-refractivity contribution in [2.75, 3.05) is 18.8 Å². The number of carbonyl (C=O) groups is 2. The summed E-state index contributed by atoms with van der Waals surface area (Å²) in [6.45, 7) is 1.57. The van der Waals surface area contributed by atoms with Crippen LogP contribution in [-0.2, 0) is 0 Å². The molecule has 6 nitrogen and oxygen atoms in total. The highest BCUT2D eigenvalue weighted by atomic mass is 32.2. The molecule has 0 unspecified atom stereocenters. The summed E-state index contributed by atoms with van der Waals surface area (Å²) in [6.07, 6.45) is 5.25. The van der Waals surface area contributed by atoms with Gasteiger partial charge in [0.1, 0.15) is 21.9 Å². The average molecular weight is 449 g/mol. The van der Waals surface area contributed by atoms with Gasteiger partial charge in [0.2, 0.25) is 0 Å². The minimum Gasteiger partial charge on any atom is -0.356 e. The maximum Gasteiger partial charge on any atom is 0.270 e. The van der Waals surface area contributed by atoms with E-state index in [2.05, 4.69) is 33.2 Å². The van der Waals surface area contributed by atoms with E-state index in [0.717, 1.165) is 51.6 Å². The average Bonchev–Trinajstić information content (AvgIpc) is 3.57. The SMILES string of the molecule is O=C(CSc1ncnc2sc(-c3ccccc3)cc12)c1c[nH]c(C(=O)N2CCCC2)c1. The lowest BCUT2D eigenvalue weighted by molar-refractivity contribution is 0.0787. The Balaban J connectivity index is 1.30. The van der Waals surface area contributed by atoms with Crippen LogP contribution < -0.4 is 0 Å². The van der Waals surface area contributed by atoms with Gasteiger partial charge in [-0.2, -0.15) is 0 Å². The molecule has 156 valence electrons. The lowest BCUT2D eigenvalue weighted by atomic mass is 10.2. The zero-order valence-electron chi connectivity index (χ0n) is 16.7. The van der Waals surface area contributed by atoms with Crippen LogP contribution in [0.3, 0.4) is 0 Å². The molecule has 5 rings (SSSR count). The van der Waals surface area contributed by atoms with Gasteiger partial charge in [-0.15, -0.1) is 11.3 Å². The molecule has 0 atom stereocenters. The quantitative estimate of drug-likeness (QED) is 0.258. The minimum absolute atomic E-state index is 0.0339. The zero-order chi connectivity index (χ0) is 21.2. The van der Waals surface area contributed by atoms with Crippen LogP contribution in [0.25, 0.3) is 20.7 Å². The van der Waals surface area contributed by atoms with Gasteiger partial charge in [0.15, 0.2) is 5.78 Å². The first-order valence-corrected chi connectivity index (χ1v) is 11.9. The van der Waals surface area contributed by atoms with Crippen molar-refractivity contribution in [1.29, 1.82) is 0 Å². The fourth-order valence-electron chi connectivity index (χ4n) is 3.68. The predicted octanol–water partition coefficient (Wildman–Crippen LogP) is 4.90. The number of H-pyrrole nitrogens is 1. The molecule has 1 aromatic carbocycles. The Bertz CT molecular complexity index is 1240. The molecule has 1 aliphatic heterocycles. The second-order valence-corrected chi connectivity index (χ2v) is 9.38. The van der Waals surface area contributed by atoms with E-state index in [0.29, 0.717) is 11.3 Å². The molecule has 0 bridgehead atoms. The number of aromatic nitrogens is 3. The number of thiophene rings is 1. The first-order valence-electron chi connectivity index (χ1n) is 10.1. The third-order valence-corrected chi connectivity index (χ3v) is 7.42. The summed E-state index contributed by atoms with van der Waals surface area (Å²) in [5.41, 5.74) is 2.14. The molecule has 0 spiro atoms. The third kappa shape index (κ3) is 4.13. The second-order valence-electron chi connectivity index (χ2n) is 7.39. The summed E-state index contributed by atoms with van der Waals surface area (Å²) >= 11 is 3.02. The summed E-state index contributed by atoms with van der Waals surface area (Å²) < 4.78 is 0. The molecule has 0 radical (unpaired) electrons. The van der Waals surface area contributed by atoms with Gasteiger partial charge >= 0.3 is 0 Å². The number of hydrogen-bond donors (Lipinski definition) is 1. The zero-order valence-corrected chi connectivity index (χ0v) is 18.3. The van der Waals surface area contributed by atoms with Crippen molar-refractivity contribution in [3.63, 3.8) is 0 Å². The van der Waals surface area contributed by atoms with Crippen LogP contribution in [0, 0.1) is 0 Å². The van der Waals surface area contributed by atoms with Crippen LogP contribution >= 0.6 is 23.1 Å².